The quantitative estimate of drug-likeness (QED) is 0.561. The summed E-state index contributed by atoms with van der Waals surface area (Å²) < 4.78 is 11.8. The number of aromatic nitrogens is 3. The van der Waals surface area contributed by atoms with Crippen LogP contribution >= 0.6 is 11.8 Å². The van der Waals surface area contributed by atoms with Crippen LogP contribution in [0.1, 0.15) is 31.6 Å². The van der Waals surface area contributed by atoms with Crippen LogP contribution in [0.15, 0.2) is 53.7 Å². The van der Waals surface area contributed by atoms with Gasteiger partial charge in [0.05, 0.1) is 12.8 Å². The number of fused-ring (bicyclic) bond motifs is 3. The molecule has 0 bridgehead atoms. The van der Waals surface area contributed by atoms with Crippen molar-refractivity contribution in [1.29, 1.82) is 0 Å². The number of thioether (sulfide) groups is 1. The average molecular weight is 423 g/mol. The highest BCUT2D eigenvalue weighted by molar-refractivity contribution is 7.98. The van der Waals surface area contributed by atoms with Gasteiger partial charge in [0, 0.05) is 17.5 Å². The maximum absolute atomic E-state index is 13.3. The lowest BCUT2D eigenvalue weighted by Crippen LogP contribution is -2.37. The Labute approximate surface area is 179 Å². The summed E-state index contributed by atoms with van der Waals surface area (Å²) in [6, 6.07) is 15.1. The van der Waals surface area contributed by atoms with Crippen LogP contribution in [0.2, 0.25) is 0 Å². The fourth-order valence-corrected chi connectivity index (χ4v) is 3.71. The number of benzene rings is 2. The molecule has 2 aromatic carbocycles. The molecule has 1 atom stereocenters. The molecule has 8 heteroatoms. The van der Waals surface area contributed by atoms with Crippen LogP contribution in [0.3, 0.4) is 0 Å². The van der Waals surface area contributed by atoms with E-state index in [1.165, 1.54) is 11.8 Å². The monoisotopic (exact) mass is 422 g/mol. The van der Waals surface area contributed by atoms with Crippen molar-refractivity contribution in [3.8, 4) is 22.9 Å². The van der Waals surface area contributed by atoms with Crippen molar-refractivity contribution in [2.45, 2.75) is 31.1 Å². The zero-order valence-electron chi connectivity index (χ0n) is 17.0. The number of para-hydroxylation sites is 1. The van der Waals surface area contributed by atoms with Crippen LogP contribution in [0, 0.1) is 0 Å². The summed E-state index contributed by atoms with van der Waals surface area (Å²) >= 11 is 1.38. The van der Waals surface area contributed by atoms with Gasteiger partial charge in [-0.05, 0) is 30.9 Å². The maximum Gasteiger partial charge on any atom is 0.247 e. The number of anilines is 1. The minimum Gasteiger partial charge on any atom is -0.497 e. The lowest BCUT2D eigenvalue weighted by Gasteiger charge is -2.31. The van der Waals surface area contributed by atoms with E-state index in [4.69, 9.17) is 9.47 Å². The zero-order valence-corrected chi connectivity index (χ0v) is 17.8. The summed E-state index contributed by atoms with van der Waals surface area (Å²) in [5, 5.41) is 9.06. The number of carbonyl (C=O) groups is 1. The Morgan fingerprint density at radius 3 is 2.80 bits per heavy atom. The summed E-state index contributed by atoms with van der Waals surface area (Å²) in [7, 11) is 1.61. The third kappa shape index (κ3) is 3.70. The second-order valence-corrected chi connectivity index (χ2v) is 7.50. The molecule has 0 spiro atoms. The Kier molecular flexibility index (Phi) is 5.85. The smallest absolute Gasteiger partial charge is 0.247 e. The Morgan fingerprint density at radius 2 is 2.03 bits per heavy atom. The van der Waals surface area contributed by atoms with Crippen LogP contribution in [0.5, 0.6) is 11.6 Å². The fraction of sp³-hybridized carbons (Fsp3) is 0.273. The molecule has 7 nitrogen and oxygen atoms in total. The molecule has 0 saturated heterocycles. The first-order valence-corrected chi connectivity index (χ1v) is 10.9. The SMILES string of the molecule is CCCC(=O)N1c2ccccc2-c2nnc(SC)nc2O[C@H]1c1cccc(OC)c1. The van der Waals surface area contributed by atoms with E-state index in [0.29, 0.717) is 28.9 Å². The summed E-state index contributed by atoms with van der Waals surface area (Å²) in [5.74, 6) is 0.993. The highest BCUT2D eigenvalue weighted by atomic mass is 32.2. The van der Waals surface area contributed by atoms with E-state index < -0.39 is 6.23 Å². The van der Waals surface area contributed by atoms with Crippen molar-refractivity contribution in [3.05, 3.63) is 54.1 Å². The predicted molar refractivity (Wildman–Crippen MR) is 116 cm³/mol. The number of rotatable bonds is 5. The fourth-order valence-electron chi connectivity index (χ4n) is 3.42. The predicted octanol–water partition coefficient (Wildman–Crippen LogP) is 4.49. The summed E-state index contributed by atoms with van der Waals surface area (Å²) in [6.07, 6.45) is 2.28. The Bertz CT molecular complexity index is 1080. The van der Waals surface area contributed by atoms with E-state index in [1.807, 2.05) is 61.7 Å². The molecule has 0 N–H and O–H groups in total. The molecule has 154 valence electrons. The first kappa shape index (κ1) is 20.2. The molecule has 0 radical (unpaired) electrons. The van der Waals surface area contributed by atoms with Gasteiger partial charge in [-0.1, -0.05) is 49.0 Å². The van der Waals surface area contributed by atoms with Crippen LogP contribution in [0.4, 0.5) is 5.69 Å². The first-order valence-electron chi connectivity index (χ1n) is 9.67. The van der Waals surface area contributed by atoms with E-state index in [-0.39, 0.29) is 5.91 Å². The third-order valence-corrected chi connectivity index (χ3v) is 5.34. The van der Waals surface area contributed by atoms with E-state index in [2.05, 4.69) is 15.2 Å². The number of amides is 1. The zero-order chi connectivity index (χ0) is 21.1. The second kappa shape index (κ2) is 8.71. The number of nitrogens with zero attached hydrogens (tertiary/aromatic N) is 4. The highest BCUT2D eigenvalue weighted by Crippen LogP contribution is 2.43. The molecule has 2 heterocycles. The van der Waals surface area contributed by atoms with Gasteiger partial charge in [0.2, 0.25) is 23.2 Å². The number of hydrogen-bond acceptors (Lipinski definition) is 7. The van der Waals surface area contributed by atoms with Crippen molar-refractivity contribution in [1.82, 2.24) is 15.2 Å². The molecule has 0 unspecified atom stereocenters. The minimum atomic E-state index is -0.715. The van der Waals surface area contributed by atoms with E-state index in [1.54, 1.807) is 12.0 Å². The topological polar surface area (TPSA) is 77.4 Å². The van der Waals surface area contributed by atoms with Gasteiger partial charge in [0.1, 0.15) is 5.75 Å². The average Bonchev–Trinajstić information content (AvgIpc) is 2.93. The molecule has 1 aromatic heterocycles. The van der Waals surface area contributed by atoms with Gasteiger partial charge >= 0.3 is 0 Å². The van der Waals surface area contributed by atoms with Gasteiger partial charge in [0.15, 0.2) is 5.69 Å². The Morgan fingerprint density at radius 1 is 1.20 bits per heavy atom. The lowest BCUT2D eigenvalue weighted by atomic mass is 10.1. The third-order valence-electron chi connectivity index (χ3n) is 4.81. The van der Waals surface area contributed by atoms with E-state index >= 15 is 0 Å². The van der Waals surface area contributed by atoms with Gasteiger partial charge in [0.25, 0.3) is 0 Å². The van der Waals surface area contributed by atoms with Gasteiger partial charge in [-0.2, -0.15) is 4.98 Å². The largest absolute Gasteiger partial charge is 0.497 e. The summed E-state index contributed by atoms with van der Waals surface area (Å²) in [4.78, 5) is 19.5. The minimum absolute atomic E-state index is 0.0383. The molecule has 3 aromatic rings. The molecular formula is C22H22N4O3S. The molecule has 0 fully saturated rings. The van der Waals surface area contributed by atoms with Crippen molar-refractivity contribution in [3.63, 3.8) is 0 Å². The number of ether oxygens (including phenoxy) is 2. The Hall–Kier alpha value is -3.13. The standard InChI is InChI=1S/C22H22N4O3S/c1-4-8-18(27)26-17-12-6-5-11-16(17)19-20(23-22(30-3)25-24-19)29-21(26)14-9-7-10-15(13-14)28-2/h5-7,9-13,21H,4,8H2,1-3H3/t21-/m0/s1. The van der Waals surface area contributed by atoms with E-state index in [0.717, 1.165) is 23.2 Å². The van der Waals surface area contributed by atoms with Crippen molar-refractivity contribution in [2.75, 3.05) is 18.3 Å². The van der Waals surface area contributed by atoms with Crippen molar-refractivity contribution in [2.24, 2.45) is 0 Å². The van der Waals surface area contributed by atoms with Crippen molar-refractivity contribution >= 4 is 23.4 Å². The normalized spacial score (nSPS) is 14.9. The molecule has 1 aliphatic rings. The molecule has 30 heavy (non-hydrogen) atoms. The van der Waals surface area contributed by atoms with Crippen LogP contribution in [-0.4, -0.2) is 34.5 Å². The maximum atomic E-state index is 13.3. The molecule has 0 aliphatic carbocycles. The van der Waals surface area contributed by atoms with Crippen LogP contribution < -0.4 is 14.4 Å². The van der Waals surface area contributed by atoms with Crippen molar-refractivity contribution < 1.29 is 14.3 Å². The molecule has 4 rings (SSSR count). The first-order chi connectivity index (χ1) is 14.7. The van der Waals surface area contributed by atoms with E-state index in [9.17, 15) is 4.79 Å². The van der Waals surface area contributed by atoms with Gasteiger partial charge in [-0.3, -0.25) is 9.69 Å². The van der Waals surface area contributed by atoms with Crippen LogP contribution in [0.25, 0.3) is 11.3 Å². The molecule has 1 amide bonds. The van der Waals surface area contributed by atoms with Gasteiger partial charge in [-0.15, -0.1) is 10.2 Å². The van der Waals surface area contributed by atoms with Gasteiger partial charge in [-0.25, -0.2) is 0 Å². The van der Waals surface area contributed by atoms with Gasteiger partial charge < -0.3 is 9.47 Å². The summed E-state index contributed by atoms with van der Waals surface area (Å²) in [6.45, 7) is 1.98. The highest BCUT2D eigenvalue weighted by Gasteiger charge is 2.35. The second-order valence-electron chi connectivity index (χ2n) is 6.73. The lowest BCUT2D eigenvalue weighted by molar-refractivity contribution is -0.120. The number of methoxy groups -OCH3 is 1. The summed E-state index contributed by atoms with van der Waals surface area (Å²) in [5.41, 5.74) is 2.78. The number of carbonyl (C=O) groups excluding carboxylic acids is 1. The molecule has 0 saturated carbocycles. The Balaban J connectivity index is 1.95. The van der Waals surface area contributed by atoms with Crippen LogP contribution in [-0.2, 0) is 4.79 Å². The molecule has 1 aliphatic heterocycles. The number of hydrogen-bond donors (Lipinski definition) is 0. The molecular weight excluding hydrogens is 400 g/mol.